The van der Waals surface area contributed by atoms with Gasteiger partial charge in [0.25, 0.3) is 0 Å². The Morgan fingerprint density at radius 1 is 1.36 bits per heavy atom. The van der Waals surface area contributed by atoms with Crippen LogP contribution < -0.4 is 10.2 Å². The molecule has 1 fully saturated rings. The van der Waals surface area contributed by atoms with Gasteiger partial charge in [0.15, 0.2) is 0 Å². The second kappa shape index (κ2) is 7.41. The van der Waals surface area contributed by atoms with E-state index in [1.54, 1.807) is 18.2 Å². The molecule has 1 aromatic carbocycles. The highest BCUT2D eigenvalue weighted by molar-refractivity contribution is 6.35. The van der Waals surface area contributed by atoms with E-state index in [0.29, 0.717) is 27.5 Å². The van der Waals surface area contributed by atoms with Crippen LogP contribution in [0.2, 0.25) is 10.0 Å². The molecular formula is C16H17Cl2N5O2. The first-order chi connectivity index (χ1) is 12.0. The minimum absolute atomic E-state index is 0.0948. The zero-order chi connectivity index (χ0) is 18.0. The first-order valence-corrected chi connectivity index (χ1v) is 8.67. The Balaban J connectivity index is 2.00. The van der Waals surface area contributed by atoms with Crippen LogP contribution in [0.1, 0.15) is 19.8 Å². The minimum atomic E-state index is -0.463. The third kappa shape index (κ3) is 3.93. The number of nitrogens with one attached hydrogen (secondary N) is 1. The van der Waals surface area contributed by atoms with Crippen LogP contribution in [0, 0.1) is 16.0 Å². The molecule has 0 spiro atoms. The third-order valence-corrected chi connectivity index (χ3v) is 4.69. The zero-order valence-electron chi connectivity index (χ0n) is 13.6. The van der Waals surface area contributed by atoms with E-state index >= 15 is 0 Å². The van der Waals surface area contributed by atoms with Gasteiger partial charge in [-0.25, -0.2) is 9.97 Å². The molecule has 1 unspecified atom stereocenters. The lowest BCUT2D eigenvalue weighted by molar-refractivity contribution is -0.383. The van der Waals surface area contributed by atoms with Crippen molar-refractivity contribution in [2.45, 2.75) is 19.8 Å². The molecule has 0 aliphatic carbocycles. The molecule has 0 saturated carbocycles. The SMILES string of the molecule is CC1CCCN(c2ncnc(Nc3cc(Cl)ccc3Cl)c2[N+](=O)[O-])C1. The number of hydrogen-bond acceptors (Lipinski definition) is 6. The molecule has 1 aliphatic rings. The molecule has 3 rings (SSSR count). The van der Waals surface area contributed by atoms with E-state index in [-0.39, 0.29) is 11.5 Å². The fraction of sp³-hybridized carbons (Fsp3) is 0.375. The summed E-state index contributed by atoms with van der Waals surface area (Å²) in [6.07, 6.45) is 3.41. The van der Waals surface area contributed by atoms with E-state index in [1.807, 2.05) is 4.90 Å². The van der Waals surface area contributed by atoms with Gasteiger partial charge in [-0.05, 0) is 37.0 Å². The Morgan fingerprint density at radius 2 is 2.16 bits per heavy atom. The summed E-state index contributed by atoms with van der Waals surface area (Å²) < 4.78 is 0. The summed E-state index contributed by atoms with van der Waals surface area (Å²) in [5.41, 5.74) is 0.293. The van der Waals surface area contributed by atoms with Crippen molar-refractivity contribution in [3.8, 4) is 0 Å². The Morgan fingerprint density at radius 3 is 2.88 bits per heavy atom. The topological polar surface area (TPSA) is 84.2 Å². The number of aromatic nitrogens is 2. The van der Waals surface area contributed by atoms with Gasteiger partial charge in [-0.2, -0.15) is 0 Å². The molecule has 7 nitrogen and oxygen atoms in total. The number of piperidine rings is 1. The molecule has 1 saturated heterocycles. The van der Waals surface area contributed by atoms with E-state index in [4.69, 9.17) is 23.2 Å². The van der Waals surface area contributed by atoms with E-state index in [0.717, 1.165) is 25.9 Å². The molecule has 0 bridgehead atoms. The van der Waals surface area contributed by atoms with Crippen molar-refractivity contribution in [3.05, 3.63) is 44.7 Å². The summed E-state index contributed by atoms with van der Waals surface area (Å²) in [5, 5.41) is 15.5. The summed E-state index contributed by atoms with van der Waals surface area (Å²) in [7, 11) is 0. The molecular weight excluding hydrogens is 365 g/mol. The summed E-state index contributed by atoms with van der Waals surface area (Å²) in [4.78, 5) is 21.4. The second-order valence-corrected chi connectivity index (χ2v) is 6.94. The maximum absolute atomic E-state index is 11.7. The van der Waals surface area contributed by atoms with Gasteiger partial charge in [-0.15, -0.1) is 0 Å². The molecule has 1 atom stereocenters. The summed E-state index contributed by atoms with van der Waals surface area (Å²) in [6.45, 7) is 3.60. The van der Waals surface area contributed by atoms with Gasteiger partial charge in [0.1, 0.15) is 6.33 Å². The lowest BCUT2D eigenvalue weighted by Gasteiger charge is -2.31. The van der Waals surface area contributed by atoms with Gasteiger partial charge in [-0.3, -0.25) is 10.1 Å². The molecule has 0 amide bonds. The number of hydrogen-bond donors (Lipinski definition) is 1. The molecule has 0 radical (unpaired) electrons. The summed E-state index contributed by atoms with van der Waals surface area (Å²) in [5.74, 6) is 0.881. The lowest BCUT2D eigenvalue weighted by atomic mass is 10.0. The van der Waals surface area contributed by atoms with Crippen LogP contribution in [0.25, 0.3) is 0 Å². The maximum Gasteiger partial charge on any atom is 0.353 e. The van der Waals surface area contributed by atoms with Crippen LogP contribution in [-0.4, -0.2) is 28.0 Å². The van der Waals surface area contributed by atoms with Crippen molar-refractivity contribution < 1.29 is 4.92 Å². The minimum Gasteiger partial charge on any atom is -0.350 e. The van der Waals surface area contributed by atoms with Crippen LogP contribution in [0.3, 0.4) is 0 Å². The predicted octanol–water partition coefficient (Wildman–Crippen LogP) is 4.67. The normalized spacial score (nSPS) is 17.4. The predicted molar refractivity (Wildman–Crippen MR) is 99.0 cm³/mol. The number of nitro groups is 1. The molecule has 25 heavy (non-hydrogen) atoms. The fourth-order valence-corrected chi connectivity index (χ4v) is 3.30. The monoisotopic (exact) mass is 381 g/mol. The maximum atomic E-state index is 11.7. The Kier molecular flexibility index (Phi) is 5.24. The standard InChI is InChI=1S/C16H17Cl2N5O2/c1-10-3-2-6-22(8-10)16-14(23(24)25)15(19-9-20-16)21-13-7-11(17)4-5-12(13)18/h4-5,7,9-10H,2-3,6,8H2,1H3,(H,19,20,21). The molecule has 2 heterocycles. The third-order valence-electron chi connectivity index (χ3n) is 4.12. The van der Waals surface area contributed by atoms with Crippen molar-refractivity contribution in [1.82, 2.24) is 9.97 Å². The Labute approximate surface area is 155 Å². The van der Waals surface area contributed by atoms with E-state index in [2.05, 4.69) is 22.2 Å². The van der Waals surface area contributed by atoms with Gasteiger partial charge in [0.05, 0.1) is 15.6 Å². The first kappa shape index (κ1) is 17.7. The molecule has 1 aliphatic heterocycles. The average molecular weight is 382 g/mol. The van der Waals surface area contributed by atoms with Gasteiger partial charge < -0.3 is 10.2 Å². The fourth-order valence-electron chi connectivity index (χ4n) is 2.96. The molecule has 1 aromatic heterocycles. The highest BCUT2D eigenvalue weighted by atomic mass is 35.5. The van der Waals surface area contributed by atoms with Gasteiger partial charge in [-0.1, -0.05) is 30.1 Å². The van der Waals surface area contributed by atoms with E-state index in [9.17, 15) is 10.1 Å². The average Bonchev–Trinajstić information content (AvgIpc) is 2.58. The molecule has 132 valence electrons. The van der Waals surface area contributed by atoms with Crippen LogP contribution in [0.15, 0.2) is 24.5 Å². The summed E-state index contributed by atoms with van der Waals surface area (Å²) >= 11 is 12.1. The number of nitrogens with zero attached hydrogens (tertiary/aromatic N) is 4. The van der Waals surface area contributed by atoms with Gasteiger partial charge in [0, 0.05) is 18.1 Å². The van der Waals surface area contributed by atoms with E-state index in [1.165, 1.54) is 6.33 Å². The highest BCUT2D eigenvalue weighted by Gasteiger charge is 2.29. The highest BCUT2D eigenvalue weighted by Crippen LogP contribution is 2.37. The van der Waals surface area contributed by atoms with Crippen molar-refractivity contribution in [1.29, 1.82) is 0 Å². The van der Waals surface area contributed by atoms with E-state index < -0.39 is 4.92 Å². The second-order valence-electron chi connectivity index (χ2n) is 6.09. The van der Waals surface area contributed by atoms with Gasteiger partial charge in [0.2, 0.25) is 11.6 Å². The van der Waals surface area contributed by atoms with Crippen LogP contribution in [-0.2, 0) is 0 Å². The largest absolute Gasteiger partial charge is 0.353 e. The first-order valence-electron chi connectivity index (χ1n) is 7.92. The number of anilines is 3. The Hall–Kier alpha value is -2.12. The smallest absolute Gasteiger partial charge is 0.350 e. The zero-order valence-corrected chi connectivity index (χ0v) is 15.1. The van der Waals surface area contributed by atoms with Crippen LogP contribution in [0.5, 0.6) is 0 Å². The van der Waals surface area contributed by atoms with Crippen molar-refractivity contribution >= 4 is 46.2 Å². The number of halogens is 2. The molecule has 9 heteroatoms. The van der Waals surface area contributed by atoms with Gasteiger partial charge >= 0.3 is 5.69 Å². The van der Waals surface area contributed by atoms with Crippen LogP contribution in [0.4, 0.5) is 23.0 Å². The lowest BCUT2D eigenvalue weighted by Crippen LogP contribution is -2.35. The van der Waals surface area contributed by atoms with Crippen molar-refractivity contribution in [3.63, 3.8) is 0 Å². The van der Waals surface area contributed by atoms with Crippen LogP contribution >= 0.6 is 23.2 Å². The summed E-state index contributed by atoms with van der Waals surface area (Å²) in [6, 6.07) is 4.86. The number of benzene rings is 1. The quantitative estimate of drug-likeness (QED) is 0.611. The molecule has 1 N–H and O–H groups in total. The van der Waals surface area contributed by atoms with Crippen molar-refractivity contribution in [2.24, 2.45) is 5.92 Å². The Bertz CT molecular complexity index is 802. The number of rotatable bonds is 4. The van der Waals surface area contributed by atoms with Crippen molar-refractivity contribution in [2.75, 3.05) is 23.3 Å². The molecule has 2 aromatic rings.